The molecule has 0 saturated heterocycles. The minimum atomic E-state index is 0.455. The summed E-state index contributed by atoms with van der Waals surface area (Å²) in [5.41, 5.74) is 0. The molecule has 0 aliphatic carbocycles. The number of carbonyl (C=O) groups excluding carboxylic acids is 1. The van der Waals surface area contributed by atoms with Crippen LogP contribution in [0.2, 0.25) is 0 Å². The highest BCUT2D eigenvalue weighted by atomic mass is 16.1. The largest absolute Gasteiger partial charge is 0.291 e. The zero-order valence-corrected chi connectivity index (χ0v) is 9.43. The molecule has 0 unspecified atom stereocenters. The molecule has 0 aromatic heterocycles. The van der Waals surface area contributed by atoms with E-state index in [-0.39, 0.29) is 0 Å². The van der Waals surface area contributed by atoms with E-state index in [4.69, 9.17) is 0 Å². The number of unbranched alkanes of at least 4 members (excludes halogenated alkanes) is 7. The summed E-state index contributed by atoms with van der Waals surface area (Å²) in [6, 6.07) is 0. The Labute approximate surface area is 88.6 Å². The Morgan fingerprint density at radius 2 is 1.57 bits per heavy atom. The van der Waals surface area contributed by atoms with Gasteiger partial charge in [0.25, 0.3) is 0 Å². The van der Waals surface area contributed by atoms with Gasteiger partial charge in [-0.05, 0) is 12.8 Å². The molecule has 81 valence electrons. The summed E-state index contributed by atoms with van der Waals surface area (Å²) in [6.45, 7) is 2.24. The first-order chi connectivity index (χ1) is 6.91. The maximum absolute atomic E-state index is 9.86. The van der Waals surface area contributed by atoms with Crippen LogP contribution in [-0.4, -0.2) is 6.29 Å². The number of rotatable bonds is 10. The van der Waals surface area contributed by atoms with Gasteiger partial charge in [-0.1, -0.05) is 57.6 Å². The molecule has 0 aliphatic heterocycles. The van der Waals surface area contributed by atoms with E-state index in [1.165, 1.54) is 44.9 Å². The average Bonchev–Trinajstić information content (AvgIpc) is 2.21. The molecule has 0 aromatic carbocycles. The third-order valence-corrected chi connectivity index (χ3v) is 2.34. The summed E-state index contributed by atoms with van der Waals surface area (Å²) in [5, 5.41) is 0. The van der Waals surface area contributed by atoms with Crippen LogP contribution in [0, 0.1) is 0 Å². The van der Waals surface area contributed by atoms with Crippen LogP contribution in [0.4, 0.5) is 0 Å². The lowest BCUT2D eigenvalue weighted by Gasteiger charge is -1.98. The summed E-state index contributed by atoms with van der Waals surface area (Å²) in [7, 11) is 0. The fourth-order valence-electron chi connectivity index (χ4n) is 1.47. The summed E-state index contributed by atoms with van der Waals surface area (Å²) in [6.07, 6.45) is 16.9. The smallest absolute Gasteiger partial charge is 0.202 e. The summed E-state index contributed by atoms with van der Waals surface area (Å²) < 4.78 is 0. The van der Waals surface area contributed by atoms with Crippen LogP contribution in [0.3, 0.4) is 0 Å². The molecule has 0 atom stereocenters. The molecular formula is C13H23O. The third-order valence-electron chi connectivity index (χ3n) is 2.34. The number of hydrogen-bond acceptors (Lipinski definition) is 1. The van der Waals surface area contributed by atoms with E-state index in [2.05, 4.69) is 13.0 Å². The van der Waals surface area contributed by atoms with Crippen molar-refractivity contribution in [3.63, 3.8) is 0 Å². The molecule has 0 aromatic rings. The maximum Gasteiger partial charge on any atom is 0.202 e. The van der Waals surface area contributed by atoms with Crippen molar-refractivity contribution in [2.45, 2.75) is 64.7 Å². The van der Waals surface area contributed by atoms with E-state index < -0.39 is 0 Å². The van der Waals surface area contributed by atoms with Crippen molar-refractivity contribution in [2.75, 3.05) is 0 Å². The Kier molecular flexibility index (Phi) is 11.9. The fraction of sp³-hybridized carbons (Fsp3) is 0.769. The van der Waals surface area contributed by atoms with Crippen LogP contribution >= 0.6 is 0 Å². The van der Waals surface area contributed by atoms with Crippen LogP contribution in [0.15, 0.2) is 12.2 Å². The molecular weight excluding hydrogens is 172 g/mol. The van der Waals surface area contributed by atoms with Crippen molar-refractivity contribution >= 4 is 6.29 Å². The number of allylic oxidation sites excluding steroid dienone is 2. The van der Waals surface area contributed by atoms with Gasteiger partial charge < -0.3 is 0 Å². The van der Waals surface area contributed by atoms with Gasteiger partial charge in [-0.3, -0.25) is 4.79 Å². The van der Waals surface area contributed by atoms with Crippen molar-refractivity contribution in [3.05, 3.63) is 12.2 Å². The highest BCUT2D eigenvalue weighted by molar-refractivity contribution is 5.52. The average molecular weight is 195 g/mol. The molecule has 1 nitrogen and oxygen atoms in total. The lowest BCUT2D eigenvalue weighted by molar-refractivity contribution is 0.556. The molecule has 0 heterocycles. The summed E-state index contributed by atoms with van der Waals surface area (Å²) >= 11 is 0. The van der Waals surface area contributed by atoms with Crippen molar-refractivity contribution < 1.29 is 4.79 Å². The van der Waals surface area contributed by atoms with E-state index in [1.54, 1.807) is 0 Å². The zero-order valence-electron chi connectivity index (χ0n) is 9.43. The highest BCUT2D eigenvalue weighted by Crippen LogP contribution is 2.08. The van der Waals surface area contributed by atoms with Crippen LogP contribution in [0.25, 0.3) is 0 Å². The van der Waals surface area contributed by atoms with Crippen LogP contribution in [-0.2, 0) is 4.79 Å². The van der Waals surface area contributed by atoms with Gasteiger partial charge in [-0.25, -0.2) is 0 Å². The van der Waals surface area contributed by atoms with Crippen LogP contribution < -0.4 is 0 Å². The van der Waals surface area contributed by atoms with Gasteiger partial charge in [-0.15, -0.1) is 0 Å². The monoisotopic (exact) mass is 195 g/mol. The quantitative estimate of drug-likeness (QED) is 0.377. The van der Waals surface area contributed by atoms with Crippen molar-refractivity contribution in [2.24, 2.45) is 0 Å². The van der Waals surface area contributed by atoms with E-state index in [0.29, 0.717) is 6.42 Å². The first kappa shape index (κ1) is 13.4. The maximum atomic E-state index is 9.86. The molecule has 0 fully saturated rings. The molecule has 0 bridgehead atoms. The summed E-state index contributed by atoms with van der Waals surface area (Å²) in [5.74, 6) is 0. The standard InChI is InChI=1S/C13H23O/c1-2-3-4-5-6-7-8-9-10-11-12-13-14/h10-11H,2-9,12H2,1H3/b11-10+. The van der Waals surface area contributed by atoms with E-state index >= 15 is 0 Å². The van der Waals surface area contributed by atoms with Gasteiger partial charge in [0.2, 0.25) is 6.29 Å². The molecule has 0 aliphatic rings. The van der Waals surface area contributed by atoms with Crippen molar-refractivity contribution in [1.29, 1.82) is 0 Å². The molecule has 0 rings (SSSR count). The topological polar surface area (TPSA) is 17.1 Å². The molecule has 1 radical (unpaired) electrons. The van der Waals surface area contributed by atoms with Crippen molar-refractivity contribution in [3.8, 4) is 0 Å². The van der Waals surface area contributed by atoms with Gasteiger partial charge in [0.15, 0.2) is 0 Å². The fourth-order valence-corrected chi connectivity index (χ4v) is 1.47. The lowest BCUT2D eigenvalue weighted by Crippen LogP contribution is -1.79. The highest BCUT2D eigenvalue weighted by Gasteiger charge is 1.88. The van der Waals surface area contributed by atoms with Gasteiger partial charge in [0.1, 0.15) is 0 Å². The molecule has 0 spiro atoms. The Morgan fingerprint density at radius 3 is 2.21 bits per heavy atom. The minimum Gasteiger partial charge on any atom is -0.291 e. The van der Waals surface area contributed by atoms with Gasteiger partial charge >= 0.3 is 0 Å². The third kappa shape index (κ3) is 11.4. The first-order valence-electron chi connectivity index (χ1n) is 5.91. The van der Waals surface area contributed by atoms with E-state index in [1.807, 2.05) is 12.4 Å². The van der Waals surface area contributed by atoms with Gasteiger partial charge in [-0.2, -0.15) is 0 Å². The Balaban J connectivity index is 2.95. The predicted octanol–water partition coefficient (Wildman–Crippen LogP) is 4.18. The second-order valence-electron chi connectivity index (χ2n) is 3.73. The Morgan fingerprint density at radius 1 is 0.929 bits per heavy atom. The summed E-state index contributed by atoms with van der Waals surface area (Å²) in [4.78, 5) is 9.86. The zero-order chi connectivity index (χ0) is 10.5. The van der Waals surface area contributed by atoms with Crippen LogP contribution in [0.5, 0.6) is 0 Å². The van der Waals surface area contributed by atoms with E-state index in [0.717, 1.165) is 6.42 Å². The molecule has 1 heteroatoms. The molecule has 14 heavy (non-hydrogen) atoms. The van der Waals surface area contributed by atoms with Crippen LogP contribution in [0.1, 0.15) is 64.7 Å². The normalized spacial score (nSPS) is 10.9. The van der Waals surface area contributed by atoms with E-state index in [9.17, 15) is 4.79 Å². The second kappa shape index (κ2) is 12.4. The predicted molar refractivity (Wildman–Crippen MR) is 62.1 cm³/mol. The van der Waals surface area contributed by atoms with Crippen molar-refractivity contribution in [1.82, 2.24) is 0 Å². The molecule has 0 saturated carbocycles. The van der Waals surface area contributed by atoms with Gasteiger partial charge in [0, 0.05) is 6.42 Å². The van der Waals surface area contributed by atoms with Gasteiger partial charge in [0.05, 0.1) is 0 Å². The lowest BCUT2D eigenvalue weighted by atomic mass is 10.1. The Hall–Kier alpha value is -0.590. The first-order valence-corrected chi connectivity index (χ1v) is 5.91. The number of hydrogen-bond donors (Lipinski definition) is 0. The molecule has 0 N–H and O–H groups in total. The second-order valence-corrected chi connectivity index (χ2v) is 3.73. The Bertz CT molecular complexity index is 138. The minimum absolute atomic E-state index is 0.455. The molecule has 0 amide bonds. The SMILES string of the molecule is CCCCCCCCC/C=C/C[C]=O.